The Morgan fingerprint density at radius 3 is 2.82 bits per heavy atom. The van der Waals surface area contributed by atoms with Gasteiger partial charge < -0.3 is 5.11 Å². The van der Waals surface area contributed by atoms with E-state index in [1.807, 2.05) is 0 Å². The second-order valence-corrected chi connectivity index (χ2v) is 3.45. The van der Waals surface area contributed by atoms with Gasteiger partial charge in [0.25, 0.3) is 0 Å². The predicted molar refractivity (Wildman–Crippen MR) is 60.2 cm³/mol. The molecule has 1 aromatic heterocycles. The summed E-state index contributed by atoms with van der Waals surface area (Å²) in [5.74, 6) is -0.108. The number of halogens is 1. The number of aryl methyl sites for hydroxylation is 1. The van der Waals surface area contributed by atoms with Crippen molar-refractivity contribution in [2.45, 2.75) is 0 Å². The number of benzene rings is 1. The van der Waals surface area contributed by atoms with Crippen molar-refractivity contribution >= 4 is 11.9 Å². The maximum absolute atomic E-state index is 13.5. The van der Waals surface area contributed by atoms with Gasteiger partial charge in [-0.15, -0.1) is 0 Å². The number of amides is 1. The Morgan fingerprint density at radius 2 is 2.18 bits per heavy atom. The van der Waals surface area contributed by atoms with Gasteiger partial charge in [-0.1, -0.05) is 12.1 Å². The molecule has 17 heavy (non-hydrogen) atoms. The van der Waals surface area contributed by atoms with Crippen LogP contribution < -0.4 is 5.32 Å². The molecule has 0 saturated carbocycles. The highest BCUT2D eigenvalue weighted by Crippen LogP contribution is 2.23. The van der Waals surface area contributed by atoms with E-state index in [9.17, 15) is 9.18 Å². The van der Waals surface area contributed by atoms with Gasteiger partial charge in [-0.3, -0.25) is 10.00 Å². The molecular weight excluding hydrogens is 225 g/mol. The standard InChI is InChI=1S/C11H10FN3O2/c1-15-10(13-11(16)17)6-9(14-15)7-4-2-3-5-8(7)12/h2-6,13H,1H3,(H,16,17). The first kappa shape index (κ1) is 11.1. The van der Waals surface area contributed by atoms with Crippen LogP contribution in [0.5, 0.6) is 0 Å². The van der Waals surface area contributed by atoms with Gasteiger partial charge in [0.1, 0.15) is 11.6 Å². The van der Waals surface area contributed by atoms with Crippen molar-refractivity contribution in [2.24, 2.45) is 7.05 Å². The number of hydrogen-bond donors (Lipinski definition) is 2. The van der Waals surface area contributed by atoms with E-state index < -0.39 is 11.9 Å². The highest BCUT2D eigenvalue weighted by atomic mass is 19.1. The number of anilines is 1. The van der Waals surface area contributed by atoms with Gasteiger partial charge in [0.2, 0.25) is 0 Å². The van der Waals surface area contributed by atoms with Gasteiger partial charge >= 0.3 is 6.09 Å². The number of carbonyl (C=O) groups is 1. The Balaban J connectivity index is 2.41. The Labute approximate surface area is 96.5 Å². The lowest BCUT2D eigenvalue weighted by Gasteiger charge is -1.98. The third-order valence-electron chi connectivity index (χ3n) is 2.26. The van der Waals surface area contributed by atoms with Crippen LogP contribution in [-0.2, 0) is 7.05 Å². The average molecular weight is 235 g/mol. The van der Waals surface area contributed by atoms with Gasteiger partial charge in [-0.25, -0.2) is 9.18 Å². The molecule has 1 heterocycles. The van der Waals surface area contributed by atoms with Crippen LogP contribution in [-0.4, -0.2) is 21.0 Å². The Kier molecular flexibility index (Phi) is 2.78. The van der Waals surface area contributed by atoms with E-state index >= 15 is 0 Å². The molecular formula is C11H10FN3O2. The van der Waals surface area contributed by atoms with Gasteiger partial charge in [-0.2, -0.15) is 5.10 Å². The van der Waals surface area contributed by atoms with Crippen molar-refractivity contribution in [1.29, 1.82) is 0 Å². The Morgan fingerprint density at radius 1 is 1.47 bits per heavy atom. The summed E-state index contributed by atoms with van der Waals surface area (Å²) >= 11 is 0. The van der Waals surface area contributed by atoms with Crippen LogP contribution in [0.15, 0.2) is 30.3 Å². The van der Waals surface area contributed by atoms with Crippen molar-refractivity contribution in [3.63, 3.8) is 0 Å². The molecule has 0 aliphatic carbocycles. The van der Waals surface area contributed by atoms with Gasteiger partial charge in [0.15, 0.2) is 0 Å². The van der Waals surface area contributed by atoms with E-state index in [0.29, 0.717) is 11.3 Å². The molecule has 0 atom stereocenters. The summed E-state index contributed by atoms with van der Waals surface area (Å²) in [6, 6.07) is 7.67. The first-order chi connectivity index (χ1) is 8.08. The van der Waals surface area contributed by atoms with E-state index in [-0.39, 0.29) is 5.82 Å². The zero-order chi connectivity index (χ0) is 12.4. The topological polar surface area (TPSA) is 67.2 Å². The molecule has 6 heteroatoms. The molecule has 0 aliphatic heterocycles. The van der Waals surface area contributed by atoms with Crippen LogP contribution in [0, 0.1) is 5.82 Å². The van der Waals surface area contributed by atoms with Crippen LogP contribution in [0.2, 0.25) is 0 Å². The molecule has 1 amide bonds. The molecule has 2 rings (SSSR count). The fraction of sp³-hybridized carbons (Fsp3) is 0.0909. The largest absolute Gasteiger partial charge is 0.465 e. The number of nitrogens with one attached hydrogen (secondary N) is 1. The van der Waals surface area contributed by atoms with Gasteiger partial charge in [0, 0.05) is 18.7 Å². The summed E-state index contributed by atoms with van der Waals surface area (Å²) in [6.45, 7) is 0. The lowest BCUT2D eigenvalue weighted by Crippen LogP contribution is -2.10. The average Bonchev–Trinajstić information content (AvgIpc) is 2.60. The molecule has 0 fully saturated rings. The van der Waals surface area contributed by atoms with Crippen LogP contribution in [0.25, 0.3) is 11.3 Å². The van der Waals surface area contributed by atoms with E-state index in [4.69, 9.17) is 5.11 Å². The highest BCUT2D eigenvalue weighted by Gasteiger charge is 2.11. The van der Waals surface area contributed by atoms with Crippen molar-refractivity contribution in [3.8, 4) is 11.3 Å². The molecule has 0 radical (unpaired) electrons. The smallest absolute Gasteiger partial charge is 0.410 e. The highest BCUT2D eigenvalue weighted by molar-refractivity contribution is 5.82. The zero-order valence-electron chi connectivity index (χ0n) is 9.01. The van der Waals surface area contributed by atoms with Crippen LogP contribution >= 0.6 is 0 Å². The molecule has 0 unspecified atom stereocenters. The van der Waals surface area contributed by atoms with E-state index in [1.54, 1.807) is 25.2 Å². The van der Waals surface area contributed by atoms with Crippen LogP contribution in [0.1, 0.15) is 0 Å². The normalized spacial score (nSPS) is 10.2. The lowest BCUT2D eigenvalue weighted by atomic mass is 10.1. The molecule has 5 nitrogen and oxygen atoms in total. The van der Waals surface area contributed by atoms with Crippen LogP contribution in [0.4, 0.5) is 15.0 Å². The fourth-order valence-corrected chi connectivity index (χ4v) is 1.49. The lowest BCUT2D eigenvalue weighted by molar-refractivity contribution is 0.209. The summed E-state index contributed by atoms with van der Waals surface area (Å²) in [6.07, 6.45) is -1.19. The van der Waals surface area contributed by atoms with Gasteiger partial charge in [-0.05, 0) is 12.1 Å². The third kappa shape index (κ3) is 2.25. The molecule has 0 aliphatic rings. The zero-order valence-corrected chi connectivity index (χ0v) is 9.01. The molecule has 2 aromatic rings. The Hall–Kier alpha value is -2.37. The summed E-state index contributed by atoms with van der Waals surface area (Å²) < 4.78 is 14.8. The quantitative estimate of drug-likeness (QED) is 0.839. The van der Waals surface area contributed by atoms with Crippen molar-refractivity contribution < 1.29 is 14.3 Å². The first-order valence-corrected chi connectivity index (χ1v) is 4.87. The number of hydrogen-bond acceptors (Lipinski definition) is 2. The SMILES string of the molecule is Cn1nc(-c2ccccc2F)cc1NC(=O)O. The number of carboxylic acid groups (broad SMARTS) is 1. The number of rotatable bonds is 2. The van der Waals surface area contributed by atoms with Crippen LogP contribution in [0.3, 0.4) is 0 Å². The van der Waals surface area contributed by atoms with E-state index in [0.717, 1.165) is 0 Å². The van der Waals surface area contributed by atoms with Crippen molar-refractivity contribution in [2.75, 3.05) is 5.32 Å². The minimum atomic E-state index is -1.19. The number of nitrogens with zero attached hydrogens (tertiary/aromatic N) is 2. The summed E-state index contributed by atoms with van der Waals surface area (Å²) in [5.41, 5.74) is 0.718. The van der Waals surface area contributed by atoms with Crippen molar-refractivity contribution in [1.82, 2.24) is 9.78 Å². The molecule has 1 aromatic carbocycles. The fourth-order valence-electron chi connectivity index (χ4n) is 1.49. The Bertz CT molecular complexity index is 566. The molecule has 0 saturated heterocycles. The summed E-state index contributed by atoms with van der Waals surface area (Å²) in [4.78, 5) is 10.5. The minimum absolute atomic E-state index is 0.288. The van der Waals surface area contributed by atoms with E-state index in [1.165, 1.54) is 16.8 Å². The number of aromatic nitrogens is 2. The molecule has 2 N–H and O–H groups in total. The summed E-state index contributed by atoms with van der Waals surface area (Å²) in [5, 5.41) is 14.8. The van der Waals surface area contributed by atoms with Gasteiger partial charge in [0.05, 0.1) is 5.69 Å². The first-order valence-electron chi connectivity index (χ1n) is 4.87. The molecule has 0 spiro atoms. The molecule has 88 valence electrons. The summed E-state index contributed by atoms with van der Waals surface area (Å²) in [7, 11) is 1.58. The maximum atomic E-state index is 13.5. The monoisotopic (exact) mass is 235 g/mol. The van der Waals surface area contributed by atoms with E-state index in [2.05, 4.69) is 10.4 Å². The maximum Gasteiger partial charge on any atom is 0.410 e. The second kappa shape index (κ2) is 4.25. The molecule has 0 bridgehead atoms. The third-order valence-corrected chi connectivity index (χ3v) is 2.26. The predicted octanol–water partition coefficient (Wildman–Crippen LogP) is 2.32. The second-order valence-electron chi connectivity index (χ2n) is 3.45. The van der Waals surface area contributed by atoms with Crippen molar-refractivity contribution in [3.05, 3.63) is 36.1 Å². The minimum Gasteiger partial charge on any atom is -0.465 e.